The lowest BCUT2D eigenvalue weighted by molar-refractivity contribution is -0.131. The highest BCUT2D eigenvalue weighted by Gasteiger charge is 2.36. The second kappa shape index (κ2) is 5.45. The van der Waals surface area contributed by atoms with Crippen molar-refractivity contribution >= 4 is 23.4 Å². The first-order valence-corrected chi connectivity index (χ1v) is 8.05. The Labute approximate surface area is 118 Å². The number of hydrogen-bond donors (Lipinski definition) is 1. The third-order valence-electron chi connectivity index (χ3n) is 3.81. The Kier molecular flexibility index (Phi) is 3.69. The second-order valence-electron chi connectivity index (χ2n) is 5.44. The maximum absolute atomic E-state index is 12.6. The Hall–Kier alpha value is -1.16. The van der Waals surface area contributed by atoms with Gasteiger partial charge in [-0.1, -0.05) is 12.1 Å². The average molecular weight is 276 g/mol. The molecule has 1 unspecified atom stereocenters. The topological polar surface area (TPSA) is 46.3 Å². The van der Waals surface area contributed by atoms with Crippen LogP contribution in [0.25, 0.3) is 0 Å². The predicted molar refractivity (Wildman–Crippen MR) is 79.9 cm³/mol. The molecule has 1 aliphatic heterocycles. The van der Waals surface area contributed by atoms with Crippen molar-refractivity contribution in [3.8, 4) is 0 Å². The molecule has 102 valence electrons. The zero-order chi connectivity index (χ0) is 13.2. The molecule has 2 N–H and O–H groups in total. The first-order valence-electron chi connectivity index (χ1n) is 7.00. The minimum Gasteiger partial charge on any atom is -0.399 e. The molecule has 0 aromatic heterocycles. The zero-order valence-corrected chi connectivity index (χ0v) is 11.9. The molecule has 1 atom stereocenters. The quantitative estimate of drug-likeness (QED) is 0.860. The van der Waals surface area contributed by atoms with Gasteiger partial charge < -0.3 is 10.6 Å². The van der Waals surface area contributed by atoms with E-state index in [2.05, 4.69) is 4.90 Å². The highest BCUT2D eigenvalue weighted by atomic mass is 32.2. The lowest BCUT2D eigenvalue weighted by atomic mass is 10.1. The summed E-state index contributed by atoms with van der Waals surface area (Å²) in [5, 5.41) is 0.203. The maximum atomic E-state index is 12.6. The standard InChI is InChI=1S/C15H20N2OS/c16-12-5-3-11(4-6-12)10-17(13-7-8-13)15(18)14-2-1-9-19-14/h3-6,13-14H,1-2,7-10,16H2. The van der Waals surface area contributed by atoms with Gasteiger partial charge in [-0.15, -0.1) is 11.8 Å². The van der Waals surface area contributed by atoms with Gasteiger partial charge in [0, 0.05) is 18.3 Å². The molecule has 19 heavy (non-hydrogen) atoms. The van der Waals surface area contributed by atoms with Gasteiger partial charge in [-0.05, 0) is 49.1 Å². The molecule has 4 heteroatoms. The molecule has 1 aromatic carbocycles. The van der Waals surface area contributed by atoms with Crippen LogP contribution in [0.15, 0.2) is 24.3 Å². The van der Waals surface area contributed by atoms with Crippen LogP contribution in [0, 0.1) is 0 Å². The van der Waals surface area contributed by atoms with Crippen molar-refractivity contribution in [2.75, 3.05) is 11.5 Å². The van der Waals surface area contributed by atoms with E-state index in [4.69, 9.17) is 5.73 Å². The predicted octanol–water partition coefficient (Wildman–Crippen LogP) is 2.66. The van der Waals surface area contributed by atoms with Crippen molar-refractivity contribution in [2.24, 2.45) is 0 Å². The first-order chi connectivity index (χ1) is 9.24. The smallest absolute Gasteiger partial charge is 0.236 e. The molecule has 0 spiro atoms. The van der Waals surface area contributed by atoms with E-state index in [1.165, 1.54) is 12.0 Å². The third kappa shape index (κ3) is 3.06. The molecule has 2 fully saturated rings. The van der Waals surface area contributed by atoms with Crippen LogP contribution in [0.1, 0.15) is 31.2 Å². The summed E-state index contributed by atoms with van der Waals surface area (Å²) in [4.78, 5) is 14.7. The minimum absolute atomic E-state index is 0.203. The SMILES string of the molecule is Nc1ccc(CN(C(=O)C2CCCS2)C2CC2)cc1. The molecule has 1 aromatic rings. The van der Waals surface area contributed by atoms with Crippen LogP contribution >= 0.6 is 11.8 Å². The van der Waals surface area contributed by atoms with Crippen LogP contribution in [0.4, 0.5) is 5.69 Å². The molecule has 0 radical (unpaired) electrons. The molecule has 1 saturated carbocycles. The molecule has 1 amide bonds. The fraction of sp³-hybridized carbons (Fsp3) is 0.533. The molecule has 1 aliphatic carbocycles. The van der Waals surface area contributed by atoms with Gasteiger partial charge in [0.1, 0.15) is 0 Å². The van der Waals surface area contributed by atoms with Crippen molar-refractivity contribution in [2.45, 2.75) is 43.5 Å². The van der Waals surface area contributed by atoms with Crippen molar-refractivity contribution in [1.82, 2.24) is 4.90 Å². The summed E-state index contributed by atoms with van der Waals surface area (Å²) >= 11 is 1.83. The Morgan fingerprint density at radius 3 is 2.58 bits per heavy atom. The van der Waals surface area contributed by atoms with E-state index in [0.717, 1.165) is 37.2 Å². The van der Waals surface area contributed by atoms with Crippen LogP contribution in [0.2, 0.25) is 0 Å². The van der Waals surface area contributed by atoms with Crippen molar-refractivity contribution in [1.29, 1.82) is 0 Å². The summed E-state index contributed by atoms with van der Waals surface area (Å²) in [5.41, 5.74) is 7.66. The Balaban J connectivity index is 1.70. The molecular formula is C15H20N2OS. The fourth-order valence-corrected chi connectivity index (χ4v) is 3.78. The number of hydrogen-bond acceptors (Lipinski definition) is 3. The number of nitrogen functional groups attached to an aromatic ring is 1. The highest BCUT2D eigenvalue weighted by molar-refractivity contribution is 8.00. The zero-order valence-electron chi connectivity index (χ0n) is 11.0. The second-order valence-corrected chi connectivity index (χ2v) is 6.75. The van der Waals surface area contributed by atoms with E-state index in [1.54, 1.807) is 0 Å². The summed E-state index contributed by atoms with van der Waals surface area (Å²) in [5.74, 6) is 1.48. The Morgan fingerprint density at radius 2 is 2.00 bits per heavy atom. The van der Waals surface area contributed by atoms with E-state index >= 15 is 0 Å². The van der Waals surface area contributed by atoms with Crippen molar-refractivity contribution < 1.29 is 4.79 Å². The van der Waals surface area contributed by atoms with Crippen LogP contribution in [-0.2, 0) is 11.3 Å². The van der Waals surface area contributed by atoms with Gasteiger partial charge in [0.15, 0.2) is 0 Å². The number of carbonyl (C=O) groups is 1. The highest BCUT2D eigenvalue weighted by Crippen LogP contribution is 2.34. The van der Waals surface area contributed by atoms with Gasteiger partial charge in [0.2, 0.25) is 5.91 Å². The lowest BCUT2D eigenvalue weighted by Crippen LogP contribution is -2.38. The van der Waals surface area contributed by atoms with Gasteiger partial charge in [0.05, 0.1) is 5.25 Å². The molecule has 3 nitrogen and oxygen atoms in total. The summed E-state index contributed by atoms with van der Waals surface area (Å²) in [6, 6.07) is 8.36. The molecule has 1 heterocycles. The Bertz CT molecular complexity index is 450. The van der Waals surface area contributed by atoms with Gasteiger partial charge in [-0.3, -0.25) is 4.79 Å². The molecule has 0 bridgehead atoms. The maximum Gasteiger partial charge on any atom is 0.236 e. The largest absolute Gasteiger partial charge is 0.399 e. The normalized spacial score (nSPS) is 22.4. The molecule has 3 rings (SSSR count). The van der Waals surface area contributed by atoms with E-state index in [-0.39, 0.29) is 5.25 Å². The molecule has 2 aliphatic rings. The van der Waals surface area contributed by atoms with Crippen molar-refractivity contribution in [3.05, 3.63) is 29.8 Å². The van der Waals surface area contributed by atoms with E-state index < -0.39 is 0 Å². The van der Waals surface area contributed by atoms with Gasteiger partial charge in [-0.25, -0.2) is 0 Å². The summed E-state index contributed by atoms with van der Waals surface area (Å²) in [6.07, 6.45) is 4.56. The van der Waals surface area contributed by atoms with Gasteiger partial charge in [-0.2, -0.15) is 0 Å². The van der Waals surface area contributed by atoms with Crippen LogP contribution in [-0.4, -0.2) is 27.9 Å². The lowest BCUT2D eigenvalue weighted by Gasteiger charge is -2.25. The fourth-order valence-electron chi connectivity index (χ4n) is 2.55. The molecule has 1 saturated heterocycles. The number of nitrogens with zero attached hydrogens (tertiary/aromatic N) is 1. The molecular weight excluding hydrogens is 256 g/mol. The summed E-state index contributed by atoms with van der Waals surface area (Å²) in [6.45, 7) is 0.737. The average Bonchev–Trinajstić information content (AvgIpc) is 3.11. The van der Waals surface area contributed by atoms with Crippen LogP contribution in [0.3, 0.4) is 0 Å². The van der Waals surface area contributed by atoms with E-state index in [1.807, 2.05) is 36.0 Å². The number of carbonyl (C=O) groups excluding carboxylic acids is 1. The summed E-state index contributed by atoms with van der Waals surface area (Å²) < 4.78 is 0. The number of anilines is 1. The monoisotopic (exact) mass is 276 g/mol. The minimum atomic E-state index is 0.203. The van der Waals surface area contributed by atoms with Gasteiger partial charge in [0.25, 0.3) is 0 Å². The van der Waals surface area contributed by atoms with E-state index in [9.17, 15) is 4.79 Å². The number of rotatable bonds is 4. The Morgan fingerprint density at radius 1 is 1.26 bits per heavy atom. The van der Waals surface area contributed by atoms with Crippen molar-refractivity contribution in [3.63, 3.8) is 0 Å². The summed E-state index contributed by atoms with van der Waals surface area (Å²) in [7, 11) is 0. The number of amides is 1. The van der Waals surface area contributed by atoms with E-state index in [0.29, 0.717) is 11.9 Å². The van der Waals surface area contributed by atoms with Crippen LogP contribution in [0.5, 0.6) is 0 Å². The number of benzene rings is 1. The third-order valence-corrected chi connectivity index (χ3v) is 5.17. The van der Waals surface area contributed by atoms with Crippen LogP contribution < -0.4 is 5.73 Å². The van der Waals surface area contributed by atoms with Gasteiger partial charge >= 0.3 is 0 Å². The number of thioether (sulfide) groups is 1. The first kappa shape index (κ1) is 12.9. The number of nitrogens with two attached hydrogens (primary N) is 1.